The Hall–Kier alpha value is 0.160. The van der Waals surface area contributed by atoms with Crippen molar-refractivity contribution in [1.29, 1.82) is 0 Å². The zero-order valence-electron chi connectivity index (χ0n) is 5.77. The lowest BCUT2D eigenvalue weighted by molar-refractivity contribution is 0.114. The van der Waals surface area contributed by atoms with Crippen molar-refractivity contribution in [2.75, 3.05) is 11.2 Å². The third-order valence-electron chi connectivity index (χ3n) is 1.31. The van der Waals surface area contributed by atoms with Gasteiger partial charge in [-0.3, -0.25) is 10.3 Å². The monoisotopic (exact) mass is 254 g/mol. The first-order valence-electron chi connectivity index (χ1n) is 3.40. The van der Waals surface area contributed by atoms with Gasteiger partial charge in [0.15, 0.2) is 6.73 Å². The highest BCUT2D eigenvalue weighted by atomic mass is 127. The standard InChI is InChI=1S/C6H11IN2O/c7-4-2-1-3-6-8-5-10-9-6/h1-5H2,(H,8,9). The molecule has 3 nitrogen and oxygen atoms in total. The molecule has 0 aromatic carbocycles. The molecule has 1 rings (SSSR count). The Bertz CT molecular complexity index is 127. The fraction of sp³-hybridized carbons (Fsp3) is 0.833. The molecule has 0 aliphatic carbocycles. The summed E-state index contributed by atoms with van der Waals surface area (Å²) < 4.78 is 1.23. The van der Waals surface area contributed by atoms with Gasteiger partial charge in [0.1, 0.15) is 5.84 Å². The van der Waals surface area contributed by atoms with Crippen molar-refractivity contribution < 1.29 is 4.84 Å². The van der Waals surface area contributed by atoms with E-state index in [4.69, 9.17) is 4.84 Å². The molecule has 0 amide bonds. The fourth-order valence-corrected chi connectivity index (χ4v) is 1.31. The third kappa shape index (κ3) is 2.83. The maximum atomic E-state index is 4.83. The molecule has 10 heavy (non-hydrogen) atoms. The number of halogens is 1. The zero-order chi connectivity index (χ0) is 7.23. The van der Waals surface area contributed by atoms with Crippen LogP contribution in [0.1, 0.15) is 19.3 Å². The molecular formula is C6H11IN2O. The Kier molecular flexibility index (Phi) is 4.04. The normalized spacial score (nSPS) is 16.7. The summed E-state index contributed by atoms with van der Waals surface area (Å²) in [6.07, 6.45) is 3.50. The first kappa shape index (κ1) is 8.26. The molecule has 0 bridgehead atoms. The summed E-state index contributed by atoms with van der Waals surface area (Å²) in [6.45, 7) is 0.486. The van der Waals surface area contributed by atoms with Gasteiger partial charge in [-0.1, -0.05) is 22.6 Å². The summed E-state index contributed by atoms with van der Waals surface area (Å²) in [7, 11) is 0. The van der Waals surface area contributed by atoms with Crippen LogP contribution in [0.15, 0.2) is 4.99 Å². The zero-order valence-corrected chi connectivity index (χ0v) is 7.93. The van der Waals surface area contributed by atoms with Crippen LogP contribution in [0.5, 0.6) is 0 Å². The van der Waals surface area contributed by atoms with E-state index < -0.39 is 0 Å². The molecule has 0 unspecified atom stereocenters. The number of hydroxylamine groups is 1. The number of amidine groups is 1. The summed E-state index contributed by atoms with van der Waals surface area (Å²) in [5, 5.41) is 0. The van der Waals surface area contributed by atoms with E-state index in [1.165, 1.54) is 17.3 Å². The van der Waals surface area contributed by atoms with Crippen molar-refractivity contribution in [3.63, 3.8) is 0 Å². The van der Waals surface area contributed by atoms with Crippen LogP contribution >= 0.6 is 22.6 Å². The minimum absolute atomic E-state index is 0.486. The average molecular weight is 254 g/mol. The van der Waals surface area contributed by atoms with Gasteiger partial charge in [0.25, 0.3) is 0 Å². The molecule has 0 aromatic rings. The van der Waals surface area contributed by atoms with Gasteiger partial charge in [-0.15, -0.1) is 0 Å². The molecule has 1 N–H and O–H groups in total. The number of aliphatic imine (C=N–C) groups is 1. The summed E-state index contributed by atoms with van der Waals surface area (Å²) in [5.74, 6) is 1.00. The van der Waals surface area contributed by atoms with E-state index in [0.29, 0.717) is 6.73 Å². The van der Waals surface area contributed by atoms with Crippen molar-refractivity contribution >= 4 is 28.4 Å². The summed E-state index contributed by atoms with van der Waals surface area (Å²) in [4.78, 5) is 8.92. The highest BCUT2D eigenvalue weighted by molar-refractivity contribution is 14.1. The second-order valence-corrected chi connectivity index (χ2v) is 3.21. The molecule has 1 aliphatic rings. The quantitative estimate of drug-likeness (QED) is 0.468. The fourth-order valence-electron chi connectivity index (χ4n) is 0.775. The van der Waals surface area contributed by atoms with Gasteiger partial charge in [-0.05, 0) is 17.3 Å². The number of hydrogen-bond donors (Lipinski definition) is 1. The Morgan fingerprint density at radius 1 is 1.60 bits per heavy atom. The van der Waals surface area contributed by atoms with Crippen LogP contribution in [0, 0.1) is 0 Å². The van der Waals surface area contributed by atoms with Gasteiger partial charge < -0.3 is 0 Å². The van der Waals surface area contributed by atoms with Crippen LogP contribution in [0.2, 0.25) is 0 Å². The molecule has 0 fully saturated rings. The lowest BCUT2D eigenvalue weighted by Crippen LogP contribution is -2.15. The van der Waals surface area contributed by atoms with Crippen molar-refractivity contribution in [2.45, 2.75) is 19.3 Å². The predicted molar refractivity (Wildman–Crippen MR) is 49.3 cm³/mol. The number of nitrogens with zero attached hydrogens (tertiary/aromatic N) is 1. The first-order chi connectivity index (χ1) is 4.93. The van der Waals surface area contributed by atoms with Crippen molar-refractivity contribution in [2.24, 2.45) is 4.99 Å². The molecule has 0 aromatic heterocycles. The maximum absolute atomic E-state index is 4.83. The second kappa shape index (κ2) is 4.90. The SMILES string of the molecule is ICCCCC1=NCON1. The van der Waals surface area contributed by atoms with Crippen LogP contribution in [0.4, 0.5) is 0 Å². The smallest absolute Gasteiger partial charge is 0.166 e. The summed E-state index contributed by atoms with van der Waals surface area (Å²) >= 11 is 2.38. The molecule has 1 heterocycles. The predicted octanol–water partition coefficient (Wildman–Crippen LogP) is 1.48. The second-order valence-electron chi connectivity index (χ2n) is 2.13. The van der Waals surface area contributed by atoms with Gasteiger partial charge in [-0.2, -0.15) is 0 Å². The van der Waals surface area contributed by atoms with E-state index in [1.807, 2.05) is 0 Å². The van der Waals surface area contributed by atoms with E-state index in [-0.39, 0.29) is 0 Å². The number of alkyl halides is 1. The molecule has 0 spiro atoms. The first-order valence-corrected chi connectivity index (χ1v) is 4.93. The summed E-state index contributed by atoms with van der Waals surface area (Å²) in [6, 6.07) is 0. The topological polar surface area (TPSA) is 33.6 Å². The number of rotatable bonds is 4. The molecule has 0 radical (unpaired) electrons. The van der Waals surface area contributed by atoms with Crippen molar-refractivity contribution in [1.82, 2.24) is 5.48 Å². The van der Waals surface area contributed by atoms with E-state index in [1.54, 1.807) is 0 Å². The number of hydrogen-bond acceptors (Lipinski definition) is 3. The van der Waals surface area contributed by atoms with Gasteiger partial charge >= 0.3 is 0 Å². The van der Waals surface area contributed by atoms with Crippen molar-refractivity contribution in [3.05, 3.63) is 0 Å². The van der Waals surface area contributed by atoms with Crippen LogP contribution in [-0.2, 0) is 4.84 Å². The molecule has 58 valence electrons. The van der Waals surface area contributed by atoms with Gasteiger partial charge in [-0.25, -0.2) is 4.99 Å². The third-order valence-corrected chi connectivity index (χ3v) is 2.07. The van der Waals surface area contributed by atoms with Crippen LogP contribution < -0.4 is 5.48 Å². The highest BCUT2D eigenvalue weighted by Crippen LogP contribution is 2.01. The van der Waals surface area contributed by atoms with Crippen LogP contribution in [0.25, 0.3) is 0 Å². The molecule has 0 saturated heterocycles. The highest BCUT2D eigenvalue weighted by Gasteiger charge is 2.03. The Labute approximate surface area is 74.3 Å². The van der Waals surface area contributed by atoms with Gasteiger partial charge in [0, 0.05) is 6.42 Å². The van der Waals surface area contributed by atoms with E-state index in [0.717, 1.165) is 12.3 Å². The molecular weight excluding hydrogens is 243 g/mol. The average Bonchev–Trinajstić information content (AvgIpc) is 2.41. The van der Waals surface area contributed by atoms with Gasteiger partial charge in [0.2, 0.25) is 0 Å². The van der Waals surface area contributed by atoms with Crippen LogP contribution in [0.3, 0.4) is 0 Å². The molecule has 0 atom stereocenters. The van der Waals surface area contributed by atoms with Crippen LogP contribution in [-0.4, -0.2) is 17.0 Å². The molecule has 1 aliphatic heterocycles. The maximum Gasteiger partial charge on any atom is 0.166 e. The van der Waals surface area contributed by atoms with Gasteiger partial charge in [0.05, 0.1) is 0 Å². The lowest BCUT2D eigenvalue weighted by atomic mass is 10.2. The minimum Gasteiger partial charge on any atom is -0.251 e. The molecule has 4 heteroatoms. The van der Waals surface area contributed by atoms with E-state index in [2.05, 4.69) is 33.1 Å². The van der Waals surface area contributed by atoms with E-state index in [9.17, 15) is 0 Å². The number of unbranched alkanes of at least 4 members (excludes halogenated alkanes) is 1. The largest absolute Gasteiger partial charge is 0.251 e. The Morgan fingerprint density at radius 3 is 3.10 bits per heavy atom. The lowest BCUT2D eigenvalue weighted by Gasteiger charge is -1.97. The van der Waals surface area contributed by atoms with E-state index >= 15 is 0 Å². The summed E-state index contributed by atoms with van der Waals surface area (Å²) in [5.41, 5.74) is 2.76. The Morgan fingerprint density at radius 2 is 2.50 bits per heavy atom. The minimum atomic E-state index is 0.486. The Balaban J connectivity index is 2.01. The number of nitrogens with one attached hydrogen (secondary N) is 1. The molecule has 0 saturated carbocycles. The van der Waals surface area contributed by atoms with Crippen molar-refractivity contribution in [3.8, 4) is 0 Å².